The first-order valence-corrected chi connectivity index (χ1v) is 9.59. The Kier molecular flexibility index (Phi) is 3.95. The van der Waals surface area contributed by atoms with E-state index in [1.54, 1.807) is 41.9 Å². The largest absolute Gasteiger partial charge is 0.497 e. The van der Waals surface area contributed by atoms with Gasteiger partial charge in [-0.2, -0.15) is 0 Å². The van der Waals surface area contributed by atoms with Crippen molar-refractivity contribution in [1.29, 1.82) is 0 Å². The normalized spacial score (nSPS) is 15.7. The second kappa shape index (κ2) is 6.52. The molecule has 6 nitrogen and oxygen atoms in total. The van der Waals surface area contributed by atoms with Gasteiger partial charge >= 0.3 is 0 Å². The van der Waals surface area contributed by atoms with Crippen LogP contribution in [0, 0.1) is 5.82 Å². The van der Waals surface area contributed by atoms with Crippen molar-refractivity contribution < 1.29 is 18.3 Å². The van der Waals surface area contributed by atoms with Crippen molar-refractivity contribution in [2.45, 2.75) is 6.04 Å². The average molecular weight is 408 g/mol. The van der Waals surface area contributed by atoms with Crippen LogP contribution in [0.1, 0.15) is 27.7 Å². The van der Waals surface area contributed by atoms with E-state index in [9.17, 15) is 14.0 Å². The molecule has 2 aromatic carbocycles. The van der Waals surface area contributed by atoms with Gasteiger partial charge in [0.2, 0.25) is 5.76 Å². The van der Waals surface area contributed by atoms with Gasteiger partial charge < -0.3 is 9.15 Å². The molecule has 0 bridgehead atoms. The zero-order valence-electron chi connectivity index (χ0n) is 15.1. The summed E-state index contributed by atoms with van der Waals surface area (Å²) in [5.41, 5.74) is 0.759. The van der Waals surface area contributed by atoms with E-state index in [4.69, 9.17) is 9.15 Å². The zero-order chi connectivity index (χ0) is 20.1. The summed E-state index contributed by atoms with van der Waals surface area (Å²) in [6, 6.07) is 9.79. The SMILES string of the molecule is COc1ccc2c(=O)c3c(oc2c1)C(=O)N(c1nccs1)[C@H]3c1ccc(F)cc1. The second-order valence-electron chi connectivity index (χ2n) is 6.48. The third-order valence-electron chi connectivity index (χ3n) is 4.89. The Labute approximate surface area is 167 Å². The van der Waals surface area contributed by atoms with Gasteiger partial charge in [0.1, 0.15) is 17.1 Å². The highest BCUT2D eigenvalue weighted by Crippen LogP contribution is 2.42. The minimum absolute atomic E-state index is 0.0414. The second-order valence-corrected chi connectivity index (χ2v) is 7.35. The van der Waals surface area contributed by atoms with E-state index in [0.717, 1.165) is 0 Å². The fourth-order valence-corrected chi connectivity index (χ4v) is 4.24. The van der Waals surface area contributed by atoms with Gasteiger partial charge in [-0.05, 0) is 29.8 Å². The van der Waals surface area contributed by atoms with Crippen LogP contribution in [0.3, 0.4) is 0 Å². The Morgan fingerprint density at radius 1 is 1.17 bits per heavy atom. The number of hydrogen-bond donors (Lipinski definition) is 0. The fourth-order valence-electron chi connectivity index (χ4n) is 3.57. The van der Waals surface area contributed by atoms with Crippen molar-refractivity contribution in [2.24, 2.45) is 0 Å². The lowest BCUT2D eigenvalue weighted by atomic mass is 9.98. The maximum atomic E-state index is 13.5. The zero-order valence-corrected chi connectivity index (χ0v) is 15.9. The van der Waals surface area contributed by atoms with Crippen LogP contribution in [0.15, 0.2) is 63.3 Å². The summed E-state index contributed by atoms with van der Waals surface area (Å²) in [7, 11) is 1.51. The quantitative estimate of drug-likeness (QED) is 0.509. The van der Waals surface area contributed by atoms with E-state index in [0.29, 0.717) is 21.8 Å². The maximum absolute atomic E-state index is 13.5. The van der Waals surface area contributed by atoms with Crippen LogP contribution in [0.5, 0.6) is 5.75 Å². The number of amides is 1. The molecule has 0 aliphatic carbocycles. The number of aromatic nitrogens is 1. The minimum Gasteiger partial charge on any atom is -0.497 e. The topological polar surface area (TPSA) is 72.6 Å². The van der Waals surface area contributed by atoms with Crippen LogP contribution >= 0.6 is 11.3 Å². The van der Waals surface area contributed by atoms with Gasteiger partial charge in [0.25, 0.3) is 5.91 Å². The number of hydrogen-bond acceptors (Lipinski definition) is 6. The van der Waals surface area contributed by atoms with Crippen LogP contribution in [-0.4, -0.2) is 18.0 Å². The van der Waals surface area contributed by atoms with Crippen LogP contribution in [0.25, 0.3) is 11.0 Å². The molecule has 1 amide bonds. The van der Waals surface area contributed by atoms with Crippen LogP contribution in [0.4, 0.5) is 9.52 Å². The number of carbonyl (C=O) groups is 1. The van der Waals surface area contributed by atoms with Gasteiger partial charge in [0.05, 0.1) is 24.1 Å². The molecule has 144 valence electrons. The lowest BCUT2D eigenvalue weighted by Crippen LogP contribution is -2.29. The molecule has 4 aromatic rings. The summed E-state index contributed by atoms with van der Waals surface area (Å²) in [6.07, 6.45) is 1.58. The van der Waals surface area contributed by atoms with E-state index in [1.165, 1.54) is 35.5 Å². The molecule has 29 heavy (non-hydrogen) atoms. The summed E-state index contributed by atoms with van der Waals surface area (Å²) in [5, 5.41) is 2.51. The highest BCUT2D eigenvalue weighted by molar-refractivity contribution is 7.13. The molecular weight excluding hydrogens is 395 g/mol. The molecule has 1 aliphatic rings. The predicted octanol–water partition coefficient (Wildman–Crippen LogP) is 4.15. The number of ether oxygens (including phenoxy) is 1. The first-order chi connectivity index (χ1) is 14.1. The molecule has 1 aliphatic heterocycles. The summed E-state index contributed by atoms with van der Waals surface area (Å²) in [6.45, 7) is 0. The Balaban J connectivity index is 1.81. The Bertz CT molecular complexity index is 1300. The van der Waals surface area contributed by atoms with Crippen LogP contribution in [-0.2, 0) is 0 Å². The minimum atomic E-state index is -0.757. The number of fused-ring (bicyclic) bond motifs is 2. The molecule has 0 unspecified atom stereocenters. The summed E-state index contributed by atoms with van der Waals surface area (Å²) in [5.74, 6) is -0.402. The number of carbonyl (C=O) groups excluding carboxylic acids is 1. The molecule has 0 spiro atoms. The van der Waals surface area contributed by atoms with Crippen molar-refractivity contribution in [1.82, 2.24) is 4.98 Å². The van der Waals surface area contributed by atoms with Gasteiger partial charge in [-0.1, -0.05) is 12.1 Å². The van der Waals surface area contributed by atoms with Gasteiger partial charge in [-0.15, -0.1) is 11.3 Å². The van der Waals surface area contributed by atoms with Crippen LogP contribution < -0.4 is 15.1 Å². The molecule has 0 fully saturated rings. The number of rotatable bonds is 3. The van der Waals surface area contributed by atoms with Crippen molar-refractivity contribution in [2.75, 3.05) is 12.0 Å². The number of nitrogens with zero attached hydrogens (tertiary/aromatic N) is 2. The summed E-state index contributed by atoms with van der Waals surface area (Å²) >= 11 is 1.27. The number of thiazole rings is 1. The molecule has 0 saturated carbocycles. The molecule has 8 heteroatoms. The Hall–Kier alpha value is -3.52. The van der Waals surface area contributed by atoms with E-state index in [-0.39, 0.29) is 22.3 Å². The standard InChI is InChI=1S/C21H13FN2O4S/c1-27-13-6-7-14-15(10-13)28-19-16(18(14)25)17(11-2-4-12(22)5-3-11)24(20(19)26)21-23-8-9-29-21/h2-10,17H,1H3/t17-/m0/s1. The fraction of sp³-hybridized carbons (Fsp3) is 0.0952. The summed E-state index contributed by atoms with van der Waals surface area (Å²) in [4.78, 5) is 32.3. The van der Waals surface area contributed by atoms with Gasteiger partial charge in [-0.3, -0.25) is 14.5 Å². The average Bonchev–Trinajstić information content (AvgIpc) is 3.35. The monoisotopic (exact) mass is 408 g/mol. The predicted molar refractivity (Wildman–Crippen MR) is 106 cm³/mol. The molecule has 1 atom stereocenters. The lowest BCUT2D eigenvalue weighted by molar-refractivity contribution is 0.0971. The first-order valence-electron chi connectivity index (χ1n) is 8.71. The van der Waals surface area contributed by atoms with Gasteiger partial charge in [0.15, 0.2) is 10.6 Å². The molecular formula is C21H13FN2O4S. The van der Waals surface area contributed by atoms with E-state index >= 15 is 0 Å². The van der Waals surface area contributed by atoms with Crippen molar-refractivity contribution in [3.8, 4) is 5.75 Å². The Morgan fingerprint density at radius 2 is 1.97 bits per heavy atom. The Morgan fingerprint density at radius 3 is 2.66 bits per heavy atom. The third-order valence-corrected chi connectivity index (χ3v) is 5.66. The number of anilines is 1. The molecule has 3 heterocycles. The van der Waals surface area contributed by atoms with E-state index in [2.05, 4.69) is 4.98 Å². The van der Waals surface area contributed by atoms with E-state index < -0.39 is 17.8 Å². The van der Waals surface area contributed by atoms with E-state index in [1.807, 2.05) is 0 Å². The maximum Gasteiger partial charge on any atom is 0.297 e. The third kappa shape index (κ3) is 2.64. The number of halogens is 1. The molecule has 5 rings (SSSR count). The summed E-state index contributed by atoms with van der Waals surface area (Å²) < 4.78 is 24.6. The number of benzene rings is 2. The highest BCUT2D eigenvalue weighted by atomic mass is 32.1. The smallest absolute Gasteiger partial charge is 0.297 e. The highest BCUT2D eigenvalue weighted by Gasteiger charge is 2.44. The van der Waals surface area contributed by atoms with Crippen molar-refractivity contribution >= 4 is 33.3 Å². The van der Waals surface area contributed by atoms with Crippen molar-refractivity contribution in [3.63, 3.8) is 0 Å². The molecule has 2 aromatic heterocycles. The van der Waals surface area contributed by atoms with Crippen molar-refractivity contribution in [3.05, 3.63) is 87.0 Å². The molecule has 0 saturated heterocycles. The van der Waals surface area contributed by atoms with Gasteiger partial charge in [0, 0.05) is 17.6 Å². The van der Waals surface area contributed by atoms with Crippen LogP contribution in [0.2, 0.25) is 0 Å². The first kappa shape index (κ1) is 17.6. The molecule has 0 radical (unpaired) electrons. The van der Waals surface area contributed by atoms with Gasteiger partial charge in [-0.25, -0.2) is 9.37 Å². The molecule has 0 N–H and O–H groups in total. The number of methoxy groups -OCH3 is 1. The lowest BCUT2D eigenvalue weighted by Gasteiger charge is -2.22.